The van der Waals surface area contributed by atoms with E-state index in [0.29, 0.717) is 23.3 Å². The molecule has 1 heterocycles. The highest BCUT2D eigenvalue weighted by Gasteiger charge is 2.09. The normalized spacial score (nSPS) is 11.2. The van der Waals surface area contributed by atoms with E-state index in [2.05, 4.69) is 44.8 Å². The van der Waals surface area contributed by atoms with Gasteiger partial charge >= 0.3 is 0 Å². The Morgan fingerprint density at radius 1 is 1.03 bits per heavy atom. The number of para-hydroxylation sites is 2. The van der Waals surface area contributed by atoms with Gasteiger partial charge in [-0.1, -0.05) is 66.4 Å². The van der Waals surface area contributed by atoms with Crippen LogP contribution in [-0.4, -0.2) is 35.0 Å². The van der Waals surface area contributed by atoms with Gasteiger partial charge in [0, 0.05) is 0 Å². The standard InChI is InChI=1S/C28H24N4O3S/c1-34-26-15-19(13-14-25(26)35-17-21-9-6-8-20-7-2-3-10-22(20)21)16-29-32-27(33)18-36-28-30-23-11-4-5-12-24(23)31-28/h2-16H,17-18H2,1H3,(H,30,31)(H,32,33)/b29-16-. The predicted octanol–water partition coefficient (Wildman–Crippen LogP) is 5.55. The van der Waals surface area contributed by atoms with Gasteiger partial charge in [-0.15, -0.1) is 0 Å². The van der Waals surface area contributed by atoms with Crippen molar-refractivity contribution in [1.29, 1.82) is 0 Å². The second-order valence-corrected chi connectivity index (χ2v) is 8.94. The number of carbonyl (C=O) groups is 1. The second-order valence-electron chi connectivity index (χ2n) is 7.98. The second kappa shape index (κ2) is 11.0. The van der Waals surface area contributed by atoms with Crippen LogP contribution in [0.4, 0.5) is 0 Å². The maximum atomic E-state index is 12.2. The van der Waals surface area contributed by atoms with E-state index in [1.807, 2.05) is 60.7 Å². The Balaban J connectivity index is 1.16. The number of imidazole rings is 1. The number of rotatable bonds is 9. The number of benzene rings is 4. The topological polar surface area (TPSA) is 88.6 Å². The van der Waals surface area contributed by atoms with Crippen molar-refractivity contribution in [2.45, 2.75) is 11.8 Å². The Bertz CT molecular complexity index is 1510. The fourth-order valence-corrected chi connectivity index (χ4v) is 4.48. The van der Waals surface area contributed by atoms with Gasteiger partial charge in [-0.2, -0.15) is 5.10 Å². The van der Waals surface area contributed by atoms with Gasteiger partial charge in [0.05, 0.1) is 30.1 Å². The molecule has 7 nitrogen and oxygen atoms in total. The van der Waals surface area contributed by atoms with Crippen LogP contribution in [0, 0.1) is 0 Å². The van der Waals surface area contributed by atoms with E-state index in [1.165, 1.54) is 17.1 Å². The molecule has 0 saturated carbocycles. The summed E-state index contributed by atoms with van der Waals surface area (Å²) in [7, 11) is 1.60. The molecule has 8 heteroatoms. The van der Waals surface area contributed by atoms with Crippen molar-refractivity contribution in [3.05, 3.63) is 96.1 Å². The molecule has 0 radical (unpaired) electrons. The Labute approximate surface area is 212 Å². The first-order valence-corrected chi connectivity index (χ1v) is 12.3. The average molecular weight is 497 g/mol. The SMILES string of the molecule is COc1cc(/C=N\NC(=O)CSc2nc3ccccc3[nH]2)ccc1OCc1cccc2ccccc12. The summed E-state index contributed by atoms with van der Waals surface area (Å²) in [6, 6.07) is 27.7. The van der Waals surface area contributed by atoms with Gasteiger partial charge in [0.1, 0.15) is 6.61 Å². The van der Waals surface area contributed by atoms with Crippen molar-refractivity contribution >= 4 is 45.7 Å². The number of hydrazone groups is 1. The van der Waals surface area contributed by atoms with Crippen molar-refractivity contribution in [2.24, 2.45) is 5.10 Å². The zero-order valence-electron chi connectivity index (χ0n) is 19.6. The number of nitrogens with one attached hydrogen (secondary N) is 2. The van der Waals surface area contributed by atoms with Gasteiger partial charge in [-0.25, -0.2) is 10.4 Å². The molecule has 0 unspecified atom stereocenters. The van der Waals surface area contributed by atoms with Gasteiger partial charge in [-0.05, 0) is 52.2 Å². The molecule has 2 N–H and O–H groups in total. The van der Waals surface area contributed by atoms with Crippen LogP contribution in [0.1, 0.15) is 11.1 Å². The van der Waals surface area contributed by atoms with Gasteiger partial charge in [-0.3, -0.25) is 4.79 Å². The van der Waals surface area contributed by atoms with Crippen LogP contribution >= 0.6 is 11.8 Å². The first-order chi connectivity index (χ1) is 17.7. The monoisotopic (exact) mass is 496 g/mol. The molecule has 180 valence electrons. The molecule has 0 fully saturated rings. The number of hydrogen-bond donors (Lipinski definition) is 2. The van der Waals surface area contributed by atoms with Gasteiger partial charge < -0.3 is 14.5 Å². The van der Waals surface area contributed by atoms with E-state index < -0.39 is 0 Å². The average Bonchev–Trinajstić information content (AvgIpc) is 3.34. The first-order valence-electron chi connectivity index (χ1n) is 11.4. The number of amides is 1. The third-order valence-electron chi connectivity index (χ3n) is 5.56. The van der Waals surface area contributed by atoms with Gasteiger partial charge in [0.15, 0.2) is 16.7 Å². The lowest BCUT2D eigenvalue weighted by Gasteiger charge is -2.12. The molecule has 0 saturated heterocycles. The largest absolute Gasteiger partial charge is 0.493 e. The Morgan fingerprint density at radius 2 is 1.86 bits per heavy atom. The highest BCUT2D eigenvalue weighted by atomic mass is 32.2. The third kappa shape index (κ3) is 5.50. The lowest BCUT2D eigenvalue weighted by atomic mass is 10.1. The number of thioether (sulfide) groups is 1. The minimum Gasteiger partial charge on any atom is -0.493 e. The summed E-state index contributed by atoms with van der Waals surface area (Å²) in [5.41, 5.74) is 6.23. The molecular weight excluding hydrogens is 472 g/mol. The van der Waals surface area contributed by atoms with Crippen LogP contribution in [-0.2, 0) is 11.4 Å². The summed E-state index contributed by atoms with van der Waals surface area (Å²) in [6.45, 7) is 0.421. The Kier molecular flexibility index (Phi) is 7.14. The van der Waals surface area contributed by atoms with E-state index in [1.54, 1.807) is 13.3 Å². The first kappa shape index (κ1) is 23.4. The number of nitrogens with zero attached hydrogens (tertiary/aromatic N) is 2. The minimum atomic E-state index is -0.223. The molecule has 0 atom stereocenters. The smallest absolute Gasteiger partial charge is 0.250 e. The minimum absolute atomic E-state index is 0.196. The van der Waals surface area contributed by atoms with Crippen molar-refractivity contribution in [1.82, 2.24) is 15.4 Å². The van der Waals surface area contributed by atoms with E-state index in [-0.39, 0.29) is 11.7 Å². The summed E-state index contributed by atoms with van der Waals surface area (Å²) >= 11 is 1.32. The molecule has 1 amide bonds. The summed E-state index contributed by atoms with van der Waals surface area (Å²) in [4.78, 5) is 19.8. The zero-order chi connectivity index (χ0) is 24.7. The van der Waals surface area contributed by atoms with E-state index in [9.17, 15) is 4.79 Å². The molecule has 36 heavy (non-hydrogen) atoms. The number of fused-ring (bicyclic) bond motifs is 2. The number of aromatic amines is 1. The number of ether oxygens (including phenoxy) is 2. The molecule has 5 aromatic rings. The van der Waals surface area contributed by atoms with E-state index in [0.717, 1.165) is 27.5 Å². The Morgan fingerprint density at radius 3 is 2.75 bits per heavy atom. The summed E-state index contributed by atoms with van der Waals surface area (Å²) in [6.07, 6.45) is 1.57. The van der Waals surface area contributed by atoms with Crippen LogP contribution in [0.3, 0.4) is 0 Å². The quantitative estimate of drug-likeness (QED) is 0.159. The number of methoxy groups -OCH3 is 1. The summed E-state index contributed by atoms with van der Waals surface area (Å²) in [5.74, 6) is 1.19. The highest BCUT2D eigenvalue weighted by Crippen LogP contribution is 2.29. The molecule has 0 aliphatic heterocycles. The predicted molar refractivity (Wildman–Crippen MR) is 144 cm³/mol. The van der Waals surface area contributed by atoms with E-state index >= 15 is 0 Å². The van der Waals surface area contributed by atoms with Crippen molar-refractivity contribution < 1.29 is 14.3 Å². The van der Waals surface area contributed by atoms with Gasteiger partial charge in [0.25, 0.3) is 5.91 Å². The van der Waals surface area contributed by atoms with Crippen molar-refractivity contribution in [3.8, 4) is 11.5 Å². The van der Waals surface area contributed by atoms with Crippen LogP contribution in [0.25, 0.3) is 21.8 Å². The fraction of sp³-hybridized carbons (Fsp3) is 0.107. The molecule has 1 aromatic heterocycles. The lowest BCUT2D eigenvalue weighted by molar-refractivity contribution is -0.118. The van der Waals surface area contributed by atoms with Crippen LogP contribution < -0.4 is 14.9 Å². The summed E-state index contributed by atoms with van der Waals surface area (Å²) < 4.78 is 11.6. The third-order valence-corrected chi connectivity index (χ3v) is 6.43. The molecule has 4 aromatic carbocycles. The lowest BCUT2D eigenvalue weighted by Crippen LogP contribution is -2.19. The van der Waals surface area contributed by atoms with Crippen LogP contribution in [0.15, 0.2) is 95.2 Å². The molecular formula is C28H24N4O3S. The maximum absolute atomic E-state index is 12.2. The fourth-order valence-electron chi connectivity index (χ4n) is 3.80. The highest BCUT2D eigenvalue weighted by molar-refractivity contribution is 7.99. The molecule has 0 spiro atoms. The molecule has 0 bridgehead atoms. The number of H-pyrrole nitrogens is 1. The molecule has 0 aliphatic carbocycles. The summed E-state index contributed by atoms with van der Waals surface area (Å²) in [5, 5.41) is 7.10. The van der Waals surface area contributed by atoms with Crippen molar-refractivity contribution in [3.63, 3.8) is 0 Å². The van der Waals surface area contributed by atoms with Crippen LogP contribution in [0.5, 0.6) is 11.5 Å². The van der Waals surface area contributed by atoms with E-state index in [4.69, 9.17) is 9.47 Å². The maximum Gasteiger partial charge on any atom is 0.250 e. The van der Waals surface area contributed by atoms with Crippen LogP contribution in [0.2, 0.25) is 0 Å². The molecule has 5 rings (SSSR count). The number of carbonyl (C=O) groups excluding carboxylic acids is 1. The van der Waals surface area contributed by atoms with Gasteiger partial charge in [0.2, 0.25) is 0 Å². The number of aromatic nitrogens is 2. The Hall–Kier alpha value is -4.30. The zero-order valence-corrected chi connectivity index (χ0v) is 20.4. The van der Waals surface area contributed by atoms with Crippen molar-refractivity contribution in [2.75, 3.05) is 12.9 Å². The number of hydrogen-bond acceptors (Lipinski definition) is 6. The molecule has 0 aliphatic rings.